The maximum Gasteiger partial charge on any atom is 0.325 e. The Kier molecular flexibility index (Phi) is 9.35. The Labute approximate surface area is 147 Å². The van der Waals surface area contributed by atoms with Crippen molar-refractivity contribution in [3.05, 3.63) is 30.3 Å². The average molecular weight is 348 g/mol. The van der Waals surface area contributed by atoms with Crippen molar-refractivity contribution in [3.8, 4) is 0 Å². The first-order valence-electron chi connectivity index (χ1n) is 8.04. The molecule has 0 aliphatic heterocycles. The highest BCUT2D eigenvalue weighted by molar-refractivity contribution is 5.90. The highest BCUT2D eigenvalue weighted by Crippen LogP contribution is 2.05. The molecule has 0 aliphatic rings. The molecule has 3 N–H and O–H groups in total. The van der Waals surface area contributed by atoms with E-state index in [1.165, 1.54) is 0 Å². The van der Waals surface area contributed by atoms with Gasteiger partial charge in [0.15, 0.2) is 0 Å². The molecule has 8 nitrogen and oxygen atoms in total. The molecule has 136 valence electrons. The van der Waals surface area contributed by atoms with Crippen molar-refractivity contribution in [3.63, 3.8) is 0 Å². The molecule has 0 spiro atoms. The zero-order valence-corrected chi connectivity index (χ0v) is 14.5. The molecule has 1 aromatic carbocycles. The van der Waals surface area contributed by atoms with Crippen LogP contribution in [0.1, 0.15) is 26.7 Å². The van der Waals surface area contributed by atoms with E-state index in [2.05, 4.69) is 25.9 Å². The van der Waals surface area contributed by atoms with Crippen LogP contribution in [0.5, 0.6) is 0 Å². The lowest BCUT2D eigenvalue weighted by Crippen LogP contribution is -2.39. The Morgan fingerprint density at radius 1 is 1.00 bits per heavy atom. The van der Waals surface area contributed by atoms with Gasteiger partial charge in [-0.15, -0.1) is 0 Å². The average Bonchev–Trinajstić information content (AvgIpc) is 2.62. The fraction of sp³-hybridized carbons (Fsp3) is 0.412. The van der Waals surface area contributed by atoms with E-state index >= 15 is 0 Å². The Morgan fingerprint density at radius 2 is 1.68 bits per heavy atom. The number of esters is 1. The second-order valence-electron chi connectivity index (χ2n) is 5.18. The van der Waals surface area contributed by atoms with E-state index in [0.717, 1.165) is 11.4 Å². The second kappa shape index (κ2) is 11.6. The van der Waals surface area contributed by atoms with Crippen LogP contribution in [0.15, 0.2) is 35.4 Å². The molecule has 0 heterocycles. The van der Waals surface area contributed by atoms with E-state index in [9.17, 15) is 14.4 Å². The zero-order chi connectivity index (χ0) is 18.5. The molecule has 0 bridgehead atoms. The van der Waals surface area contributed by atoms with Gasteiger partial charge in [-0.2, -0.15) is 5.10 Å². The summed E-state index contributed by atoms with van der Waals surface area (Å²) in [7, 11) is 0. The molecule has 8 heteroatoms. The minimum Gasteiger partial charge on any atom is -0.465 e. The molecule has 2 amide bonds. The number of hydrazone groups is 1. The summed E-state index contributed by atoms with van der Waals surface area (Å²) in [6, 6.07) is 9.48. The van der Waals surface area contributed by atoms with Gasteiger partial charge in [0.05, 0.1) is 18.8 Å². The van der Waals surface area contributed by atoms with Crippen molar-refractivity contribution in [2.24, 2.45) is 5.10 Å². The molecule has 0 fully saturated rings. The van der Waals surface area contributed by atoms with E-state index in [1.807, 2.05) is 37.3 Å². The lowest BCUT2D eigenvalue weighted by Gasteiger charge is -2.07. The summed E-state index contributed by atoms with van der Waals surface area (Å²) in [6.07, 6.45) is 0.688. The predicted octanol–water partition coefficient (Wildman–Crippen LogP) is 1.05. The summed E-state index contributed by atoms with van der Waals surface area (Å²) in [5.41, 5.74) is 4.54. The van der Waals surface area contributed by atoms with E-state index in [4.69, 9.17) is 0 Å². The number of nitrogens with one attached hydrogen (secondary N) is 3. The summed E-state index contributed by atoms with van der Waals surface area (Å²) >= 11 is 0. The number of benzene rings is 1. The van der Waals surface area contributed by atoms with Crippen LogP contribution in [0.4, 0.5) is 5.69 Å². The molecule has 0 saturated carbocycles. The molecular formula is C17H24N4O4. The highest BCUT2D eigenvalue weighted by Gasteiger charge is 2.08. The summed E-state index contributed by atoms with van der Waals surface area (Å²) in [6.45, 7) is 3.36. The summed E-state index contributed by atoms with van der Waals surface area (Å²) < 4.78 is 4.68. The second-order valence-corrected chi connectivity index (χ2v) is 5.18. The van der Waals surface area contributed by atoms with Crippen molar-refractivity contribution in [2.75, 3.05) is 25.1 Å². The molecule has 1 rings (SSSR count). The van der Waals surface area contributed by atoms with Gasteiger partial charge < -0.3 is 15.4 Å². The third kappa shape index (κ3) is 9.75. The van der Waals surface area contributed by atoms with Gasteiger partial charge >= 0.3 is 5.97 Å². The number of carbonyl (C=O) groups is 3. The molecule has 0 radical (unpaired) electrons. The maximum absolute atomic E-state index is 11.7. The van der Waals surface area contributed by atoms with Crippen LogP contribution in [-0.4, -0.2) is 43.2 Å². The third-order valence-electron chi connectivity index (χ3n) is 3.04. The Bertz CT molecular complexity index is 602. The van der Waals surface area contributed by atoms with Crippen LogP contribution in [0.25, 0.3) is 0 Å². The van der Waals surface area contributed by atoms with Gasteiger partial charge in [0.25, 0.3) is 0 Å². The number of anilines is 1. The van der Waals surface area contributed by atoms with E-state index in [-0.39, 0.29) is 32.0 Å². The van der Waals surface area contributed by atoms with Crippen molar-refractivity contribution in [1.29, 1.82) is 0 Å². The Morgan fingerprint density at radius 3 is 2.36 bits per heavy atom. The molecule has 25 heavy (non-hydrogen) atoms. The van der Waals surface area contributed by atoms with Crippen LogP contribution >= 0.6 is 0 Å². The molecule has 1 aromatic rings. The first-order chi connectivity index (χ1) is 12.0. The normalized spacial score (nSPS) is 10.7. The Balaban J connectivity index is 2.19. The summed E-state index contributed by atoms with van der Waals surface area (Å²) in [5, 5.41) is 9.04. The lowest BCUT2D eigenvalue weighted by atomic mass is 10.2. The van der Waals surface area contributed by atoms with Gasteiger partial charge in [-0.3, -0.25) is 19.8 Å². The first kappa shape index (κ1) is 20.1. The molecule has 0 saturated heterocycles. The predicted molar refractivity (Wildman–Crippen MR) is 95.1 cm³/mol. The van der Waals surface area contributed by atoms with Crippen molar-refractivity contribution < 1.29 is 19.1 Å². The van der Waals surface area contributed by atoms with E-state index in [0.29, 0.717) is 6.42 Å². The van der Waals surface area contributed by atoms with Gasteiger partial charge in [-0.05, 0) is 32.4 Å². The van der Waals surface area contributed by atoms with Gasteiger partial charge in [-0.1, -0.05) is 18.2 Å². The van der Waals surface area contributed by atoms with Crippen LogP contribution in [-0.2, 0) is 19.1 Å². The Hall–Kier alpha value is -2.90. The summed E-state index contributed by atoms with van der Waals surface area (Å²) in [5.74, 6) is -1.22. The smallest absolute Gasteiger partial charge is 0.325 e. The van der Waals surface area contributed by atoms with Gasteiger partial charge in [-0.25, -0.2) is 0 Å². The van der Waals surface area contributed by atoms with E-state index in [1.54, 1.807) is 6.92 Å². The molecule has 0 aliphatic carbocycles. The van der Waals surface area contributed by atoms with Crippen molar-refractivity contribution in [2.45, 2.75) is 26.7 Å². The standard InChI is InChI=1S/C17H24N4O4/c1-3-25-17(24)12-19-16(23)11-18-15(22)10-9-13(2)20-21-14-7-5-4-6-8-14/h4-8,21H,3,9-12H2,1-2H3,(H,18,22)(H,19,23)/b20-13+. The van der Waals surface area contributed by atoms with Crippen LogP contribution in [0.3, 0.4) is 0 Å². The van der Waals surface area contributed by atoms with Gasteiger partial charge in [0.1, 0.15) is 6.54 Å². The largest absolute Gasteiger partial charge is 0.465 e. The molecule has 0 unspecified atom stereocenters. The minimum absolute atomic E-state index is 0.184. The fourth-order valence-corrected chi connectivity index (χ4v) is 1.74. The quantitative estimate of drug-likeness (QED) is 0.333. The SMILES string of the molecule is CCOC(=O)CNC(=O)CNC(=O)CC/C(C)=N/Nc1ccccc1. The van der Waals surface area contributed by atoms with Gasteiger partial charge in [0.2, 0.25) is 11.8 Å². The molecule has 0 atom stereocenters. The van der Waals surface area contributed by atoms with Crippen molar-refractivity contribution in [1.82, 2.24) is 10.6 Å². The zero-order valence-electron chi connectivity index (χ0n) is 14.5. The summed E-state index contributed by atoms with van der Waals surface area (Å²) in [4.78, 5) is 34.3. The van der Waals surface area contributed by atoms with Crippen LogP contribution in [0.2, 0.25) is 0 Å². The number of hydrogen-bond acceptors (Lipinski definition) is 6. The number of amides is 2. The van der Waals surface area contributed by atoms with E-state index < -0.39 is 11.9 Å². The highest BCUT2D eigenvalue weighted by atomic mass is 16.5. The number of ether oxygens (including phenoxy) is 1. The van der Waals surface area contributed by atoms with Crippen LogP contribution in [0, 0.1) is 0 Å². The third-order valence-corrected chi connectivity index (χ3v) is 3.04. The monoisotopic (exact) mass is 348 g/mol. The number of para-hydroxylation sites is 1. The topological polar surface area (TPSA) is 109 Å². The fourth-order valence-electron chi connectivity index (χ4n) is 1.74. The number of hydrogen-bond donors (Lipinski definition) is 3. The number of nitrogens with zero attached hydrogens (tertiary/aromatic N) is 1. The van der Waals surface area contributed by atoms with Gasteiger partial charge in [0, 0.05) is 12.1 Å². The molecular weight excluding hydrogens is 324 g/mol. The number of rotatable bonds is 10. The lowest BCUT2D eigenvalue weighted by molar-refractivity contribution is -0.143. The number of carbonyl (C=O) groups excluding carboxylic acids is 3. The first-order valence-corrected chi connectivity index (χ1v) is 8.04. The minimum atomic E-state index is -0.514. The molecule has 0 aromatic heterocycles. The van der Waals surface area contributed by atoms with Crippen LogP contribution < -0.4 is 16.1 Å². The van der Waals surface area contributed by atoms with Crippen molar-refractivity contribution >= 4 is 29.2 Å². The maximum atomic E-state index is 11.7.